The molecule has 0 N–H and O–H groups in total. The molecule has 4 aliphatic rings. The first-order chi connectivity index (χ1) is 40.1. The van der Waals surface area contributed by atoms with Gasteiger partial charge in [0, 0.05) is 60.1 Å². The van der Waals surface area contributed by atoms with Crippen molar-refractivity contribution in [2.75, 3.05) is 0 Å². The Kier molecular flexibility index (Phi) is 9.62. The zero-order chi connectivity index (χ0) is 53.0. The van der Waals surface area contributed by atoms with Gasteiger partial charge in [-0.1, -0.05) is 165 Å². The Morgan fingerprint density at radius 3 is 0.988 bits per heavy atom. The SMILES string of the molecule is C[C@H]1CC2C(c3nc(-c4cccc(-n5c6ccccc6c6ccccc65)c4-n4c5ccccc5c5ccccc54)nc(-c4cccc(-n5c6ccccc6c6ccccc65)c4-n4c5ccccc5c5ccccc54)n3)CC3[C@@H](C1)C[C@@H]23. The standard InChI is InChI=1S/C74H55N7/c1-44-40-45-42-58-56(45)43-59(57(58)41-44)74-76-72(54-28-18-38-68(78-60-30-10-2-20-46(60)47-21-3-11-31-61(47)78)70(54)80-64-34-14-6-24-50(64)51-25-7-15-35-65(51)80)75-73(77-74)55-29-19-39-69(79-62-32-12-4-22-48(62)49-23-5-13-33-63(49)79)71(55)81-66-36-16-8-26-52(66)53-27-9-17-37-67(53)81/h2-39,44-45,56-59H,40-43H2,1H3/t44-,45+,56?,57?,58-,59?/m1/s1. The topological polar surface area (TPSA) is 58.4 Å². The van der Waals surface area contributed by atoms with Crippen LogP contribution >= 0.6 is 0 Å². The van der Waals surface area contributed by atoms with Gasteiger partial charge in [0.05, 0.1) is 66.9 Å². The van der Waals surface area contributed by atoms with E-state index < -0.39 is 0 Å². The maximum Gasteiger partial charge on any atom is 0.165 e. The Balaban J connectivity index is 0.984. The minimum absolute atomic E-state index is 0.211. The summed E-state index contributed by atoms with van der Waals surface area (Å²) in [5.41, 5.74) is 15.2. The highest BCUT2D eigenvalue weighted by Gasteiger charge is 2.57. The molecule has 4 aliphatic carbocycles. The summed E-state index contributed by atoms with van der Waals surface area (Å²) in [6.45, 7) is 2.49. The van der Waals surface area contributed by atoms with E-state index in [4.69, 9.17) is 15.0 Å². The molecule has 386 valence electrons. The van der Waals surface area contributed by atoms with Crippen molar-refractivity contribution < 1.29 is 0 Å². The summed E-state index contributed by atoms with van der Waals surface area (Å²) in [4.78, 5) is 17.9. The molecule has 10 aromatic carbocycles. The normalized spacial score (nSPS) is 19.7. The first kappa shape index (κ1) is 45.3. The number of hydrogen-bond acceptors (Lipinski definition) is 3. The fourth-order valence-corrected chi connectivity index (χ4v) is 16.2. The molecule has 19 rings (SSSR count). The molecule has 81 heavy (non-hydrogen) atoms. The van der Waals surface area contributed by atoms with E-state index in [-0.39, 0.29) is 5.92 Å². The Morgan fingerprint density at radius 1 is 0.296 bits per heavy atom. The van der Waals surface area contributed by atoms with Crippen molar-refractivity contribution in [2.45, 2.75) is 38.5 Å². The van der Waals surface area contributed by atoms with Gasteiger partial charge in [-0.25, -0.2) is 15.0 Å². The minimum Gasteiger partial charge on any atom is -0.307 e. The Morgan fingerprint density at radius 2 is 0.630 bits per heavy atom. The molecule has 4 bridgehead atoms. The van der Waals surface area contributed by atoms with Gasteiger partial charge in [0.2, 0.25) is 0 Å². The van der Waals surface area contributed by atoms with Crippen molar-refractivity contribution in [2.24, 2.45) is 29.6 Å². The highest BCUT2D eigenvalue weighted by Crippen LogP contribution is 2.65. The number of rotatable bonds is 7. The van der Waals surface area contributed by atoms with E-state index in [9.17, 15) is 0 Å². The molecule has 5 heterocycles. The zero-order valence-corrected chi connectivity index (χ0v) is 44.9. The van der Waals surface area contributed by atoms with Crippen molar-refractivity contribution in [3.63, 3.8) is 0 Å². The van der Waals surface area contributed by atoms with Crippen molar-refractivity contribution in [3.05, 3.63) is 236 Å². The first-order valence-electron chi connectivity index (χ1n) is 29.1. The van der Waals surface area contributed by atoms with Gasteiger partial charge >= 0.3 is 0 Å². The lowest BCUT2D eigenvalue weighted by molar-refractivity contribution is 0.0868. The first-order valence-corrected chi connectivity index (χ1v) is 29.1. The number of fused-ring (bicyclic) bond motifs is 14. The second-order valence-electron chi connectivity index (χ2n) is 23.6. The molecule has 7 nitrogen and oxygen atoms in total. The van der Waals surface area contributed by atoms with E-state index in [1.54, 1.807) is 0 Å². The number of para-hydroxylation sites is 10. The summed E-state index contributed by atoms with van der Waals surface area (Å²) in [5.74, 6) is 5.92. The largest absolute Gasteiger partial charge is 0.307 e. The van der Waals surface area contributed by atoms with E-state index in [1.807, 2.05) is 0 Å². The van der Waals surface area contributed by atoms with Crippen molar-refractivity contribution in [1.82, 2.24) is 33.2 Å². The third kappa shape index (κ3) is 6.43. The molecule has 0 aliphatic heterocycles. The molecule has 0 spiro atoms. The number of aromatic nitrogens is 7. The van der Waals surface area contributed by atoms with Gasteiger partial charge in [-0.05, 0) is 128 Å². The summed E-state index contributed by atoms with van der Waals surface area (Å²) in [5, 5.41) is 9.67. The van der Waals surface area contributed by atoms with Gasteiger partial charge in [-0.15, -0.1) is 0 Å². The highest BCUT2D eigenvalue weighted by molar-refractivity contribution is 6.14. The summed E-state index contributed by atoms with van der Waals surface area (Å²) < 4.78 is 9.95. The van der Waals surface area contributed by atoms with E-state index in [1.165, 1.54) is 62.4 Å². The highest BCUT2D eigenvalue weighted by atomic mass is 15.1. The van der Waals surface area contributed by atoms with Crippen molar-refractivity contribution in [1.29, 1.82) is 0 Å². The van der Waals surface area contributed by atoms with Crippen LogP contribution in [-0.2, 0) is 0 Å². The van der Waals surface area contributed by atoms with Crippen LogP contribution < -0.4 is 0 Å². The Hall–Kier alpha value is -9.59. The molecule has 15 aromatic rings. The van der Waals surface area contributed by atoms with Gasteiger partial charge < -0.3 is 18.3 Å². The van der Waals surface area contributed by atoms with E-state index in [0.717, 1.165) is 96.2 Å². The van der Waals surface area contributed by atoms with Crippen LogP contribution in [0.4, 0.5) is 0 Å². The Labute approximate surface area is 468 Å². The quantitative estimate of drug-likeness (QED) is 0.160. The zero-order valence-electron chi connectivity index (χ0n) is 44.9. The van der Waals surface area contributed by atoms with Crippen LogP contribution in [0.3, 0.4) is 0 Å². The fourth-order valence-electron chi connectivity index (χ4n) is 16.2. The minimum atomic E-state index is 0.211. The Bertz CT molecular complexity index is 4600. The molecule has 5 aromatic heterocycles. The van der Waals surface area contributed by atoms with Crippen LogP contribution in [0.15, 0.2) is 231 Å². The predicted molar refractivity (Wildman–Crippen MR) is 332 cm³/mol. The molecular formula is C74H55N7. The number of hydrogen-bond donors (Lipinski definition) is 0. The summed E-state index contributed by atoms with van der Waals surface area (Å²) >= 11 is 0. The molecule has 4 saturated carbocycles. The summed E-state index contributed by atoms with van der Waals surface area (Å²) in [6, 6.07) is 84.5. The van der Waals surface area contributed by atoms with E-state index >= 15 is 0 Å². The molecular weight excluding hydrogens is 987 g/mol. The van der Waals surface area contributed by atoms with E-state index in [2.05, 4.69) is 256 Å². The van der Waals surface area contributed by atoms with Crippen LogP contribution in [0.5, 0.6) is 0 Å². The smallest absolute Gasteiger partial charge is 0.165 e. The van der Waals surface area contributed by atoms with Gasteiger partial charge in [0.1, 0.15) is 5.82 Å². The average molecular weight is 1040 g/mol. The second-order valence-corrected chi connectivity index (χ2v) is 23.6. The molecule has 7 heteroatoms. The van der Waals surface area contributed by atoms with Gasteiger partial charge in [-0.2, -0.15) is 0 Å². The monoisotopic (exact) mass is 1040 g/mol. The summed E-state index contributed by atoms with van der Waals surface area (Å²) in [6.07, 6.45) is 5.01. The third-order valence-electron chi connectivity index (χ3n) is 19.4. The van der Waals surface area contributed by atoms with Crippen molar-refractivity contribution >= 4 is 87.2 Å². The van der Waals surface area contributed by atoms with Crippen LogP contribution in [0.1, 0.15) is 44.3 Å². The summed E-state index contributed by atoms with van der Waals surface area (Å²) in [7, 11) is 0. The van der Waals surface area contributed by atoms with Crippen LogP contribution in [0, 0.1) is 29.6 Å². The lowest BCUT2D eigenvalue weighted by Crippen LogP contribution is -2.33. The fraction of sp³-hybridized carbons (Fsp3) is 0.149. The van der Waals surface area contributed by atoms with Gasteiger partial charge in [0.15, 0.2) is 11.6 Å². The van der Waals surface area contributed by atoms with Gasteiger partial charge in [-0.3, -0.25) is 0 Å². The lowest BCUT2D eigenvalue weighted by atomic mass is 9.65. The van der Waals surface area contributed by atoms with Crippen LogP contribution in [0.2, 0.25) is 0 Å². The van der Waals surface area contributed by atoms with Crippen LogP contribution in [0.25, 0.3) is 133 Å². The molecule has 0 radical (unpaired) electrons. The average Bonchev–Trinajstić information content (AvgIpc) is 4.19. The number of benzene rings is 10. The van der Waals surface area contributed by atoms with Crippen LogP contribution in [-0.4, -0.2) is 33.2 Å². The number of nitrogens with zero attached hydrogens (tertiary/aromatic N) is 7. The maximum atomic E-state index is 5.98. The second kappa shape index (κ2) is 17.2. The predicted octanol–water partition coefficient (Wildman–Crippen LogP) is 18.4. The molecule has 0 saturated heterocycles. The van der Waals surface area contributed by atoms with Gasteiger partial charge in [0.25, 0.3) is 0 Å². The van der Waals surface area contributed by atoms with E-state index in [0.29, 0.717) is 35.3 Å². The molecule has 4 fully saturated rings. The maximum absolute atomic E-state index is 5.98. The third-order valence-corrected chi connectivity index (χ3v) is 19.4. The van der Waals surface area contributed by atoms with Crippen molar-refractivity contribution in [3.8, 4) is 45.5 Å². The molecule has 6 atom stereocenters. The lowest BCUT2D eigenvalue weighted by Gasteiger charge is -2.40. The molecule has 0 amide bonds. The molecule has 3 unspecified atom stereocenters.